The Balaban J connectivity index is 1.58. The number of hydrogen-bond acceptors (Lipinski definition) is 1. The van der Waals surface area contributed by atoms with Crippen LogP contribution in [0.25, 0.3) is 0 Å². The molecule has 19 heavy (non-hydrogen) atoms. The molecule has 2 fully saturated rings. The Morgan fingerprint density at radius 2 is 1.84 bits per heavy atom. The largest absolute Gasteiger partial charge is 0.388 e. The lowest BCUT2D eigenvalue weighted by Crippen LogP contribution is -2.19. The monoisotopic (exact) mass is 256 g/mol. The summed E-state index contributed by atoms with van der Waals surface area (Å²) in [7, 11) is 0. The molecule has 1 aromatic rings. The van der Waals surface area contributed by atoms with Crippen molar-refractivity contribution in [3.63, 3.8) is 0 Å². The van der Waals surface area contributed by atoms with Crippen LogP contribution in [0.2, 0.25) is 0 Å². The third-order valence-corrected chi connectivity index (χ3v) is 5.91. The summed E-state index contributed by atoms with van der Waals surface area (Å²) in [6.45, 7) is 0. The van der Waals surface area contributed by atoms with Gasteiger partial charge >= 0.3 is 0 Å². The van der Waals surface area contributed by atoms with E-state index < -0.39 is 0 Å². The minimum atomic E-state index is -0.206. The molecule has 1 heteroatoms. The molecule has 4 atom stereocenters. The lowest BCUT2D eigenvalue weighted by atomic mass is 9.80. The van der Waals surface area contributed by atoms with Crippen LogP contribution in [0.4, 0.5) is 0 Å². The van der Waals surface area contributed by atoms with Crippen LogP contribution in [0.1, 0.15) is 61.3 Å². The number of aryl methyl sites for hydroxylation is 2. The van der Waals surface area contributed by atoms with Crippen molar-refractivity contribution in [1.82, 2.24) is 0 Å². The topological polar surface area (TPSA) is 20.2 Å². The van der Waals surface area contributed by atoms with E-state index >= 15 is 0 Å². The molecule has 0 heterocycles. The van der Waals surface area contributed by atoms with Crippen LogP contribution in [0.5, 0.6) is 0 Å². The van der Waals surface area contributed by atoms with Crippen molar-refractivity contribution in [3.05, 3.63) is 34.9 Å². The van der Waals surface area contributed by atoms with Crippen molar-refractivity contribution in [3.8, 4) is 0 Å². The summed E-state index contributed by atoms with van der Waals surface area (Å²) in [5.41, 5.74) is 4.22. The molecule has 1 nitrogen and oxygen atoms in total. The van der Waals surface area contributed by atoms with Crippen LogP contribution in [0, 0.1) is 17.8 Å². The maximum Gasteiger partial charge on any atom is 0.0821 e. The summed E-state index contributed by atoms with van der Waals surface area (Å²) >= 11 is 0. The molecule has 4 unspecified atom stereocenters. The summed E-state index contributed by atoms with van der Waals surface area (Å²) in [5, 5.41) is 10.7. The molecule has 0 aromatic heterocycles. The fourth-order valence-electron chi connectivity index (χ4n) is 4.87. The van der Waals surface area contributed by atoms with E-state index in [1.54, 1.807) is 0 Å². The molecule has 102 valence electrons. The van der Waals surface area contributed by atoms with E-state index in [1.165, 1.54) is 68.1 Å². The van der Waals surface area contributed by atoms with Gasteiger partial charge in [-0.05, 0) is 79.4 Å². The third kappa shape index (κ3) is 2.03. The fraction of sp³-hybridized carbons (Fsp3) is 0.667. The van der Waals surface area contributed by atoms with Gasteiger partial charge in [0.15, 0.2) is 0 Å². The SMILES string of the molecule is OC(c1ccc2c(c1)CCCC2)C1CC2CCC1C2. The first-order valence-electron chi connectivity index (χ1n) is 8.11. The fourth-order valence-corrected chi connectivity index (χ4v) is 4.87. The van der Waals surface area contributed by atoms with Gasteiger partial charge in [0.1, 0.15) is 0 Å². The maximum atomic E-state index is 10.7. The van der Waals surface area contributed by atoms with Crippen molar-refractivity contribution in [2.24, 2.45) is 17.8 Å². The van der Waals surface area contributed by atoms with Crippen LogP contribution >= 0.6 is 0 Å². The van der Waals surface area contributed by atoms with Gasteiger partial charge < -0.3 is 5.11 Å². The van der Waals surface area contributed by atoms with E-state index in [0.717, 1.165) is 11.8 Å². The molecular formula is C18H24O. The van der Waals surface area contributed by atoms with E-state index in [1.807, 2.05) is 0 Å². The van der Waals surface area contributed by atoms with E-state index in [9.17, 15) is 5.11 Å². The molecule has 0 aliphatic heterocycles. The molecule has 1 N–H and O–H groups in total. The van der Waals surface area contributed by atoms with Crippen LogP contribution in [0.3, 0.4) is 0 Å². The Hall–Kier alpha value is -0.820. The Kier molecular flexibility index (Phi) is 2.91. The number of benzene rings is 1. The smallest absolute Gasteiger partial charge is 0.0821 e. The number of rotatable bonds is 2. The zero-order valence-corrected chi connectivity index (χ0v) is 11.6. The first kappa shape index (κ1) is 12.0. The minimum absolute atomic E-state index is 0.206. The summed E-state index contributed by atoms with van der Waals surface area (Å²) in [6.07, 6.45) is 10.3. The number of hydrogen-bond donors (Lipinski definition) is 1. The van der Waals surface area contributed by atoms with Crippen molar-refractivity contribution in [1.29, 1.82) is 0 Å². The Morgan fingerprint density at radius 3 is 2.58 bits per heavy atom. The molecule has 3 aliphatic carbocycles. The molecule has 0 spiro atoms. The Bertz CT molecular complexity index is 479. The Morgan fingerprint density at radius 1 is 1.00 bits per heavy atom. The van der Waals surface area contributed by atoms with E-state index in [2.05, 4.69) is 18.2 Å². The molecule has 2 saturated carbocycles. The van der Waals surface area contributed by atoms with Gasteiger partial charge in [0.2, 0.25) is 0 Å². The second-order valence-corrected chi connectivity index (χ2v) is 7.02. The van der Waals surface area contributed by atoms with Crippen molar-refractivity contribution < 1.29 is 5.11 Å². The second kappa shape index (κ2) is 4.63. The molecule has 0 amide bonds. The average molecular weight is 256 g/mol. The standard InChI is InChI=1S/C18H24O/c19-18(17-10-12-5-6-15(17)9-12)16-8-7-13-3-1-2-4-14(13)11-16/h7-8,11-12,15,17-19H,1-6,9-10H2. The maximum absolute atomic E-state index is 10.7. The average Bonchev–Trinajstić information content (AvgIpc) is 3.08. The van der Waals surface area contributed by atoms with Gasteiger partial charge in [-0.15, -0.1) is 0 Å². The molecule has 3 aliphatic rings. The molecule has 0 saturated heterocycles. The summed E-state index contributed by atoms with van der Waals surface area (Å²) in [5.74, 6) is 2.26. The third-order valence-electron chi connectivity index (χ3n) is 5.91. The van der Waals surface area contributed by atoms with Gasteiger partial charge in [-0.1, -0.05) is 24.6 Å². The quantitative estimate of drug-likeness (QED) is 0.847. The van der Waals surface area contributed by atoms with Crippen molar-refractivity contribution in [2.45, 2.75) is 57.5 Å². The second-order valence-electron chi connectivity index (χ2n) is 7.02. The minimum Gasteiger partial charge on any atom is -0.388 e. The summed E-state index contributed by atoms with van der Waals surface area (Å²) in [4.78, 5) is 0. The lowest BCUT2D eigenvalue weighted by Gasteiger charge is -2.28. The zero-order valence-electron chi connectivity index (χ0n) is 11.6. The highest BCUT2D eigenvalue weighted by Crippen LogP contribution is 2.52. The summed E-state index contributed by atoms with van der Waals surface area (Å²) < 4.78 is 0. The lowest BCUT2D eigenvalue weighted by molar-refractivity contribution is 0.0744. The van der Waals surface area contributed by atoms with Gasteiger partial charge in [-0.3, -0.25) is 0 Å². The molecule has 2 bridgehead atoms. The first-order chi connectivity index (χ1) is 9.31. The highest BCUT2D eigenvalue weighted by Gasteiger charge is 2.43. The van der Waals surface area contributed by atoms with Crippen LogP contribution in [-0.4, -0.2) is 5.11 Å². The first-order valence-corrected chi connectivity index (χ1v) is 8.11. The van der Waals surface area contributed by atoms with Crippen molar-refractivity contribution in [2.75, 3.05) is 0 Å². The van der Waals surface area contributed by atoms with E-state index in [-0.39, 0.29) is 6.10 Å². The Labute approximate surface area is 116 Å². The molecular weight excluding hydrogens is 232 g/mol. The summed E-state index contributed by atoms with van der Waals surface area (Å²) in [6, 6.07) is 6.78. The van der Waals surface area contributed by atoms with Gasteiger partial charge in [0.05, 0.1) is 6.10 Å². The van der Waals surface area contributed by atoms with Gasteiger partial charge in [-0.25, -0.2) is 0 Å². The predicted octanol–water partition coefficient (Wildman–Crippen LogP) is 4.04. The highest BCUT2D eigenvalue weighted by molar-refractivity contribution is 5.35. The number of aliphatic hydroxyl groups excluding tert-OH is 1. The normalized spacial score (nSPS) is 34.3. The van der Waals surface area contributed by atoms with Crippen LogP contribution in [-0.2, 0) is 12.8 Å². The van der Waals surface area contributed by atoms with Gasteiger partial charge in [-0.2, -0.15) is 0 Å². The van der Waals surface area contributed by atoms with E-state index in [0.29, 0.717) is 5.92 Å². The van der Waals surface area contributed by atoms with Crippen LogP contribution < -0.4 is 0 Å². The molecule has 0 radical (unpaired) electrons. The number of aliphatic hydroxyl groups is 1. The highest BCUT2D eigenvalue weighted by atomic mass is 16.3. The van der Waals surface area contributed by atoms with Crippen molar-refractivity contribution >= 4 is 0 Å². The van der Waals surface area contributed by atoms with Crippen LogP contribution in [0.15, 0.2) is 18.2 Å². The van der Waals surface area contributed by atoms with Gasteiger partial charge in [0.25, 0.3) is 0 Å². The van der Waals surface area contributed by atoms with Gasteiger partial charge in [0, 0.05) is 0 Å². The molecule has 1 aromatic carbocycles. The predicted molar refractivity (Wildman–Crippen MR) is 77.0 cm³/mol. The zero-order chi connectivity index (χ0) is 12.8. The van der Waals surface area contributed by atoms with E-state index in [4.69, 9.17) is 0 Å². The molecule has 4 rings (SSSR count). The number of fused-ring (bicyclic) bond motifs is 3.